The van der Waals surface area contributed by atoms with Crippen LogP contribution in [0.3, 0.4) is 0 Å². The highest BCUT2D eigenvalue weighted by molar-refractivity contribution is 6.01. The molecule has 1 aromatic rings. The average Bonchev–Trinajstić information content (AvgIpc) is 2.29. The standard InChI is InChI=1S/C13H17NO2/c1-4-16-13-7-10-5-6-14-9(2)11(10)8-12(13)15-3/h7-8H,4-6H2,1-3H3. The van der Waals surface area contributed by atoms with Crippen LogP contribution in [-0.4, -0.2) is 26.0 Å². The zero-order chi connectivity index (χ0) is 11.5. The minimum Gasteiger partial charge on any atom is -0.493 e. The van der Waals surface area contributed by atoms with Crippen molar-refractivity contribution < 1.29 is 9.47 Å². The molecule has 0 amide bonds. The number of rotatable bonds is 3. The van der Waals surface area contributed by atoms with Gasteiger partial charge in [-0.1, -0.05) is 0 Å². The van der Waals surface area contributed by atoms with Crippen LogP contribution >= 0.6 is 0 Å². The summed E-state index contributed by atoms with van der Waals surface area (Å²) in [7, 11) is 1.67. The fraction of sp³-hybridized carbons (Fsp3) is 0.462. The van der Waals surface area contributed by atoms with E-state index in [0.29, 0.717) is 6.61 Å². The van der Waals surface area contributed by atoms with Gasteiger partial charge < -0.3 is 9.47 Å². The first-order valence-electron chi connectivity index (χ1n) is 5.61. The Morgan fingerprint density at radius 2 is 2.12 bits per heavy atom. The molecular weight excluding hydrogens is 202 g/mol. The number of hydrogen-bond acceptors (Lipinski definition) is 3. The lowest BCUT2D eigenvalue weighted by atomic mass is 9.97. The summed E-state index contributed by atoms with van der Waals surface area (Å²) in [6, 6.07) is 4.11. The third-order valence-electron chi connectivity index (χ3n) is 2.81. The van der Waals surface area contributed by atoms with Crippen LogP contribution in [-0.2, 0) is 6.42 Å². The van der Waals surface area contributed by atoms with E-state index in [2.05, 4.69) is 11.1 Å². The number of benzene rings is 1. The third kappa shape index (κ3) is 1.90. The van der Waals surface area contributed by atoms with Crippen molar-refractivity contribution in [2.75, 3.05) is 20.3 Å². The molecule has 0 spiro atoms. The molecule has 0 saturated heterocycles. The lowest BCUT2D eigenvalue weighted by molar-refractivity contribution is 0.310. The summed E-state index contributed by atoms with van der Waals surface area (Å²) < 4.78 is 10.9. The lowest BCUT2D eigenvalue weighted by Crippen LogP contribution is -2.11. The molecule has 0 N–H and O–H groups in total. The molecule has 16 heavy (non-hydrogen) atoms. The van der Waals surface area contributed by atoms with Gasteiger partial charge in [-0.05, 0) is 38.0 Å². The monoisotopic (exact) mass is 219 g/mol. The van der Waals surface area contributed by atoms with Gasteiger partial charge in [-0.3, -0.25) is 4.99 Å². The summed E-state index contributed by atoms with van der Waals surface area (Å²) in [6.45, 7) is 5.54. The number of aliphatic imine (C=N–C) groups is 1. The number of fused-ring (bicyclic) bond motifs is 1. The molecule has 3 nitrogen and oxygen atoms in total. The zero-order valence-corrected chi connectivity index (χ0v) is 10.0. The number of nitrogens with zero attached hydrogens (tertiary/aromatic N) is 1. The predicted octanol–water partition coefficient (Wildman–Crippen LogP) is 2.46. The lowest BCUT2D eigenvalue weighted by Gasteiger charge is -2.18. The highest BCUT2D eigenvalue weighted by Crippen LogP contribution is 2.32. The van der Waals surface area contributed by atoms with Gasteiger partial charge in [-0.2, -0.15) is 0 Å². The van der Waals surface area contributed by atoms with Crippen molar-refractivity contribution in [3.8, 4) is 11.5 Å². The Kier molecular flexibility index (Phi) is 3.13. The number of hydrogen-bond donors (Lipinski definition) is 0. The van der Waals surface area contributed by atoms with E-state index in [1.807, 2.05) is 19.9 Å². The second kappa shape index (κ2) is 4.56. The second-order valence-electron chi connectivity index (χ2n) is 3.81. The molecule has 1 aliphatic rings. The molecule has 0 unspecified atom stereocenters. The Balaban J connectivity index is 2.48. The Hall–Kier alpha value is -1.51. The van der Waals surface area contributed by atoms with E-state index in [4.69, 9.17) is 9.47 Å². The molecule has 0 atom stereocenters. The minimum atomic E-state index is 0.655. The van der Waals surface area contributed by atoms with Crippen LogP contribution in [0.25, 0.3) is 0 Å². The van der Waals surface area contributed by atoms with Gasteiger partial charge in [0, 0.05) is 17.8 Å². The van der Waals surface area contributed by atoms with Crippen LogP contribution in [0.4, 0.5) is 0 Å². The number of ether oxygens (including phenoxy) is 2. The van der Waals surface area contributed by atoms with E-state index >= 15 is 0 Å². The van der Waals surface area contributed by atoms with E-state index in [1.165, 1.54) is 11.1 Å². The van der Waals surface area contributed by atoms with E-state index in [0.717, 1.165) is 30.2 Å². The van der Waals surface area contributed by atoms with Crippen molar-refractivity contribution in [1.29, 1.82) is 0 Å². The highest BCUT2D eigenvalue weighted by atomic mass is 16.5. The molecule has 0 aliphatic carbocycles. The minimum absolute atomic E-state index is 0.655. The van der Waals surface area contributed by atoms with Crippen LogP contribution in [0.2, 0.25) is 0 Å². The number of methoxy groups -OCH3 is 1. The molecule has 0 bridgehead atoms. The summed E-state index contributed by atoms with van der Waals surface area (Å²) in [5.74, 6) is 1.62. The smallest absolute Gasteiger partial charge is 0.161 e. The summed E-state index contributed by atoms with van der Waals surface area (Å²) >= 11 is 0. The SMILES string of the molecule is CCOc1cc2c(cc1OC)C(C)=NCC2. The normalized spacial score (nSPS) is 14.1. The third-order valence-corrected chi connectivity index (χ3v) is 2.81. The summed E-state index contributed by atoms with van der Waals surface area (Å²) in [5.41, 5.74) is 3.57. The first kappa shape index (κ1) is 11.0. The molecule has 1 aliphatic heterocycles. The Labute approximate surface area is 96.1 Å². The largest absolute Gasteiger partial charge is 0.493 e. The predicted molar refractivity (Wildman–Crippen MR) is 64.9 cm³/mol. The van der Waals surface area contributed by atoms with Gasteiger partial charge in [0.05, 0.1) is 13.7 Å². The highest BCUT2D eigenvalue weighted by Gasteiger charge is 2.15. The molecule has 1 heterocycles. The fourth-order valence-corrected chi connectivity index (χ4v) is 2.00. The molecule has 0 aromatic heterocycles. The van der Waals surface area contributed by atoms with Crippen LogP contribution in [0, 0.1) is 0 Å². The van der Waals surface area contributed by atoms with Crippen molar-refractivity contribution >= 4 is 5.71 Å². The maximum Gasteiger partial charge on any atom is 0.161 e. The molecule has 0 fully saturated rings. The fourth-order valence-electron chi connectivity index (χ4n) is 2.00. The van der Waals surface area contributed by atoms with Crippen molar-refractivity contribution in [3.63, 3.8) is 0 Å². The molecular formula is C13H17NO2. The van der Waals surface area contributed by atoms with Crippen molar-refractivity contribution in [2.24, 2.45) is 4.99 Å². The molecule has 2 rings (SSSR count). The Morgan fingerprint density at radius 3 is 2.81 bits per heavy atom. The van der Waals surface area contributed by atoms with Crippen molar-refractivity contribution in [1.82, 2.24) is 0 Å². The van der Waals surface area contributed by atoms with Crippen LogP contribution in [0.1, 0.15) is 25.0 Å². The van der Waals surface area contributed by atoms with E-state index < -0.39 is 0 Å². The maximum absolute atomic E-state index is 5.56. The molecule has 0 saturated carbocycles. The van der Waals surface area contributed by atoms with Gasteiger partial charge >= 0.3 is 0 Å². The first-order valence-corrected chi connectivity index (χ1v) is 5.61. The van der Waals surface area contributed by atoms with Crippen LogP contribution in [0.15, 0.2) is 17.1 Å². The van der Waals surface area contributed by atoms with E-state index in [9.17, 15) is 0 Å². The van der Waals surface area contributed by atoms with Crippen LogP contribution < -0.4 is 9.47 Å². The second-order valence-corrected chi connectivity index (χ2v) is 3.81. The van der Waals surface area contributed by atoms with Crippen molar-refractivity contribution in [3.05, 3.63) is 23.3 Å². The van der Waals surface area contributed by atoms with Crippen molar-refractivity contribution in [2.45, 2.75) is 20.3 Å². The van der Waals surface area contributed by atoms with Crippen LogP contribution in [0.5, 0.6) is 11.5 Å². The Bertz CT molecular complexity index is 424. The zero-order valence-electron chi connectivity index (χ0n) is 10.0. The van der Waals surface area contributed by atoms with E-state index in [-0.39, 0.29) is 0 Å². The maximum atomic E-state index is 5.56. The van der Waals surface area contributed by atoms with Gasteiger partial charge in [0.15, 0.2) is 11.5 Å². The summed E-state index contributed by atoms with van der Waals surface area (Å²) in [6.07, 6.45) is 0.983. The van der Waals surface area contributed by atoms with Gasteiger partial charge in [0.1, 0.15) is 0 Å². The van der Waals surface area contributed by atoms with Gasteiger partial charge in [-0.15, -0.1) is 0 Å². The quantitative estimate of drug-likeness (QED) is 0.781. The molecule has 86 valence electrons. The van der Waals surface area contributed by atoms with Gasteiger partial charge in [-0.25, -0.2) is 0 Å². The first-order chi connectivity index (χ1) is 7.76. The van der Waals surface area contributed by atoms with Gasteiger partial charge in [0.2, 0.25) is 0 Å². The summed E-state index contributed by atoms with van der Waals surface area (Å²) in [5, 5.41) is 0. The summed E-state index contributed by atoms with van der Waals surface area (Å²) in [4.78, 5) is 4.44. The average molecular weight is 219 g/mol. The Morgan fingerprint density at radius 1 is 1.31 bits per heavy atom. The molecule has 1 aromatic carbocycles. The molecule has 3 heteroatoms. The molecule has 0 radical (unpaired) electrons. The van der Waals surface area contributed by atoms with Gasteiger partial charge in [0.25, 0.3) is 0 Å². The van der Waals surface area contributed by atoms with E-state index in [1.54, 1.807) is 7.11 Å². The topological polar surface area (TPSA) is 30.8 Å².